The van der Waals surface area contributed by atoms with E-state index >= 15 is 0 Å². The molecule has 1 heterocycles. The van der Waals surface area contributed by atoms with E-state index in [-0.39, 0.29) is 5.91 Å². The van der Waals surface area contributed by atoms with Crippen LogP contribution in [-0.4, -0.2) is 12.5 Å². The number of benzene rings is 1. The van der Waals surface area contributed by atoms with Crippen molar-refractivity contribution in [1.82, 2.24) is 5.32 Å². The summed E-state index contributed by atoms with van der Waals surface area (Å²) in [6, 6.07) is 11.0. The Balaban J connectivity index is 1.65. The van der Waals surface area contributed by atoms with Crippen LogP contribution in [0.3, 0.4) is 0 Å². The highest BCUT2D eigenvalue weighted by molar-refractivity contribution is 6.30. The Hall–Kier alpha value is -1.94. The third-order valence-electron chi connectivity index (χ3n) is 2.57. The van der Waals surface area contributed by atoms with E-state index in [9.17, 15) is 4.79 Å². The summed E-state index contributed by atoms with van der Waals surface area (Å²) < 4.78 is 5.13. The molecule has 0 saturated heterocycles. The van der Waals surface area contributed by atoms with Gasteiger partial charge in [-0.25, -0.2) is 0 Å². The van der Waals surface area contributed by atoms with E-state index in [2.05, 4.69) is 10.6 Å². The Morgan fingerprint density at radius 1 is 1.21 bits per heavy atom. The summed E-state index contributed by atoms with van der Waals surface area (Å²) in [6.07, 6.45) is 1.99. The van der Waals surface area contributed by atoms with Crippen molar-refractivity contribution < 1.29 is 9.21 Å². The van der Waals surface area contributed by atoms with Crippen molar-refractivity contribution in [3.05, 3.63) is 53.4 Å². The van der Waals surface area contributed by atoms with Crippen LogP contribution in [0.1, 0.15) is 12.2 Å². The lowest BCUT2D eigenvalue weighted by atomic mass is 10.3. The summed E-state index contributed by atoms with van der Waals surface area (Å²) in [4.78, 5) is 11.6. The van der Waals surface area contributed by atoms with Gasteiger partial charge >= 0.3 is 0 Å². The first-order chi connectivity index (χ1) is 9.24. The number of carbonyl (C=O) groups is 1. The fourth-order valence-electron chi connectivity index (χ4n) is 1.58. The van der Waals surface area contributed by atoms with Gasteiger partial charge in [0.2, 0.25) is 5.91 Å². The van der Waals surface area contributed by atoms with Crippen molar-refractivity contribution in [1.29, 1.82) is 0 Å². The summed E-state index contributed by atoms with van der Waals surface area (Å²) >= 11 is 5.79. The number of amides is 1. The van der Waals surface area contributed by atoms with Crippen molar-refractivity contribution in [2.45, 2.75) is 13.0 Å². The fourth-order valence-corrected chi connectivity index (χ4v) is 1.70. The third-order valence-corrected chi connectivity index (χ3v) is 2.82. The highest BCUT2D eigenvalue weighted by atomic mass is 35.5. The molecular formula is C14H15ClN2O2. The molecule has 0 aliphatic rings. The van der Waals surface area contributed by atoms with Crippen LogP contribution in [0, 0.1) is 0 Å². The molecule has 0 fully saturated rings. The van der Waals surface area contributed by atoms with Crippen molar-refractivity contribution >= 4 is 23.2 Å². The van der Waals surface area contributed by atoms with Crippen LogP contribution in [-0.2, 0) is 11.3 Å². The van der Waals surface area contributed by atoms with Crippen LogP contribution in [0.4, 0.5) is 5.69 Å². The molecule has 2 N–H and O–H groups in total. The second-order valence-electron chi connectivity index (χ2n) is 4.04. The lowest BCUT2D eigenvalue weighted by Crippen LogP contribution is -2.24. The standard InChI is InChI=1S/C14H15ClN2O2/c15-11-3-5-12(6-4-11)16-8-7-14(18)17-10-13-2-1-9-19-13/h1-6,9,16H,7-8,10H2,(H,17,18). The summed E-state index contributed by atoms with van der Waals surface area (Å²) in [5.74, 6) is 0.733. The molecule has 100 valence electrons. The molecule has 0 aliphatic heterocycles. The smallest absolute Gasteiger partial charge is 0.222 e. The van der Waals surface area contributed by atoms with E-state index in [0.717, 1.165) is 11.4 Å². The highest BCUT2D eigenvalue weighted by Crippen LogP contribution is 2.13. The van der Waals surface area contributed by atoms with Crippen LogP contribution in [0.25, 0.3) is 0 Å². The maximum atomic E-state index is 11.6. The Bertz CT molecular complexity index is 509. The topological polar surface area (TPSA) is 54.3 Å². The average molecular weight is 279 g/mol. The first-order valence-electron chi connectivity index (χ1n) is 6.02. The monoisotopic (exact) mass is 278 g/mol. The van der Waals surface area contributed by atoms with Crippen LogP contribution >= 0.6 is 11.6 Å². The Morgan fingerprint density at radius 3 is 2.68 bits per heavy atom. The second kappa shape index (κ2) is 6.85. The van der Waals surface area contributed by atoms with Gasteiger partial charge in [0, 0.05) is 23.7 Å². The number of nitrogens with one attached hydrogen (secondary N) is 2. The summed E-state index contributed by atoms with van der Waals surface area (Å²) in [5, 5.41) is 6.64. The largest absolute Gasteiger partial charge is 0.467 e. The molecule has 0 atom stereocenters. The predicted molar refractivity (Wildman–Crippen MR) is 75.1 cm³/mol. The molecule has 1 aromatic carbocycles. The Morgan fingerprint density at radius 2 is 2.00 bits per heavy atom. The third kappa shape index (κ3) is 4.67. The SMILES string of the molecule is O=C(CCNc1ccc(Cl)cc1)NCc1ccco1. The minimum atomic E-state index is -0.0159. The molecule has 1 amide bonds. The second-order valence-corrected chi connectivity index (χ2v) is 4.48. The first-order valence-corrected chi connectivity index (χ1v) is 6.40. The van der Waals surface area contributed by atoms with E-state index in [4.69, 9.17) is 16.0 Å². The van der Waals surface area contributed by atoms with E-state index in [1.807, 2.05) is 18.2 Å². The molecule has 0 aliphatic carbocycles. The quantitative estimate of drug-likeness (QED) is 0.854. The molecule has 1 aromatic heterocycles. The summed E-state index contributed by atoms with van der Waals surface area (Å²) in [7, 11) is 0. The molecule has 2 rings (SSSR count). The maximum Gasteiger partial charge on any atom is 0.222 e. The molecule has 19 heavy (non-hydrogen) atoms. The van der Waals surface area contributed by atoms with Gasteiger partial charge in [0.05, 0.1) is 12.8 Å². The van der Waals surface area contributed by atoms with Gasteiger partial charge < -0.3 is 15.1 Å². The Labute approximate surface area is 116 Å². The lowest BCUT2D eigenvalue weighted by Gasteiger charge is -2.06. The maximum absolute atomic E-state index is 11.6. The van der Waals surface area contributed by atoms with Gasteiger partial charge in [-0.15, -0.1) is 0 Å². The van der Waals surface area contributed by atoms with E-state index in [1.165, 1.54) is 0 Å². The van der Waals surface area contributed by atoms with Crippen LogP contribution < -0.4 is 10.6 Å². The van der Waals surface area contributed by atoms with Gasteiger partial charge in [0.25, 0.3) is 0 Å². The van der Waals surface area contributed by atoms with E-state index in [0.29, 0.717) is 24.5 Å². The number of hydrogen-bond donors (Lipinski definition) is 2. The molecular weight excluding hydrogens is 264 g/mol. The van der Waals surface area contributed by atoms with Crippen molar-refractivity contribution in [3.63, 3.8) is 0 Å². The molecule has 0 spiro atoms. The zero-order chi connectivity index (χ0) is 13.5. The summed E-state index contributed by atoms with van der Waals surface area (Å²) in [6.45, 7) is 0.998. The number of anilines is 1. The molecule has 0 radical (unpaired) electrons. The number of furan rings is 1. The number of rotatable bonds is 6. The van der Waals surface area contributed by atoms with E-state index < -0.39 is 0 Å². The van der Waals surface area contributed by atoms with E-state index in [1.54, 1.807) is 24.5 Å². The van der Waals surface area contributed by atoms with Gasteiger partial charge in [-0.3, -0.25) is 4.79 Å². The van der Waals surface area contributed by atoms with Crippen molar-refractivity contribution in [2.24, 2.45) is 0 Å². The molecule has 5 heteroatoms. The number of halogens is 1. The van der Waals surface area contributed by atoms with Gasteiger partial charge in [0.15, 0.2) is 0 Å². The number of hydrogen-bond acceptors (Lipinski definition) is 3. The first kappa shape index (κ1) is 13.5. The lowest BCUT2D eigenvalue weighted by molar-refractivity contribution is -0.121. The molecule has 2 aromatic rings. The van der Waals surface area contributed by atoms with Crippen LogP contribution in [0.5, 0.6) is 0 Å². The van der Waals surface area contributed by atoms with Gasteiger partial charge in [-0.1, -0.05) is 11.6 Å². The van der Waals surface area contributed by atoms with Gasteiger partial charge in [-0.05, 0) is 36.4 Å². The van der Waals surface area contributed by atoms with Crippen LogP contribution in [0.15, 0.2) is 47.1 Å². The Kier molecular flexibility index (Phi) is 4.86. The zero-order valence-electron chi connectivity index (χ0n) is 10.4. The normalized spacial score (nSPS) is 10.2. The molecule has 0 bridgehead atoms. The average Bonchev–Trinajstić information content (AvgIpc) is 2.92. The molecule has 0 unspecified atom stereocenters. The predicted octanol–water partition coefficient (Wildman–Crippen LogP) is 3.05. The van der Waals surface area contributed by atoms with Gasteiger partial charge in [0.1, 0.15) is 5.76 Å². The van der Waals surface area contributed by atoms with Crippen molar-refractivity contribution in [3.8, 4) is 0 Å². The highest BCUT2D eigenvalue weighted by Gasteiger charge is 2.02. The molecule has 0 saturated carbocycles. The van der Waals surface area contributed by atoms with Crippen LogP contribution in [0.2, 0.25) is 5.02 Å². The molecule has 4 nitrogen and oxygen atoms in total. The fraction of sp³-hybridized carbons (Fsp3) is 0.214. The minimum Gasteiger partial charge on any atom is -0.467 e. The summed E-state index contributed by atoms with van der Waals surface area (Å²) in [5.41, 5.74) is 0.947. The van der Waals surface area contributed by atoms with Crippen molar-refractivity contribution in [2.75, 3.05) is 11.9 Å². The van der Waals surface area contributed by atoms with Gasteiger partial charge in [-0.2, -0.15) is 0 Å². The zero-order valence-corrected chi connectivity index (χ0v) is 11.1. The minimum absolute atomic E-state index is 0.0159. The number of carbonyl (C=O) groups excluding carboxylic acids is 1.